The molecule has 2 N–H and O–H groups in total. The van der Waals surface area contributed by atoms with Gasteiger partial charge in [-0.1, -0.05) is 48.5 Å². The van der Waals surface area contributed by atoms with E-state index in [1.54, 1.807) is 41.5 Å². The molecule has 0 aliphatic heterocycles. The van der Waals surface area contributed by atoms with Crippen LogP contribution in [0.25, 0.3) is 11.1 Å². The highest BCUT2D eigenvalue weighted by atomic mass is 16.6. The number of ether oxygens (including phenoxy) is 3. The van der Waals surface area contributed by atoms with E-state index in [1.165, 1.54) is 6.07 Å². The van der Waals surface area contributed by atoms with E-state index >= 15 is 0 Å². The Morgan fingerprint density at radius 2 is 1.43 bits per heavy atom. The van der Waals surface area contributed by atoms with E-state index in [4.69, 9.17) is 14.2 Å². The first-order valence-corrected chi connectivity index (χ1v) is 15.2. The zero-order chi connectivity index (χ0) is 34.5. The zero-order valence-corrected chi connectivity index (χ0v) is 27.2. The second-order valence-electron chi connectivity index (χ2n) is 13.1. The molecular formula is C35H39N3O9. The van der Waals surface area contributed by atoms with Crippen molar-refractivity contribution in [2.75, 3.05) is 11.9 Å². The highest BCUT2D eigenvalue weighted by Gasteiger charge is 2.32. The lowest BCUT2D eigenvalue weighted by molar-refractivity contribution is -0.385. The van der Waals surface area contributed by atoms with Gasteiger partial charge in [-0.15, -0.1) is 0 Å². The maximum absolute atomic E-state index is 13.3. The van der Waals surface area contributed by atoms with Gasteiger partial charge in [-0.05, 0) is 82.3 Å². The number of nitro groups is 1. The molecule has 1 aliphatic carbocycles. The molecule has 0 radical (unpaired) electrons. The SMILES string of the molecule is CC(C)(C)OC(=O)CC[C@H](NC(=O)c1ccc(NC(=O)OCC2c3ccccc3-c3ccccc32)cc1[N+](=O)[O-])C(=O)OC(C)(C)C. The molecule has 0 saturated carbocycles. The maximum Gasteiger partial charge on any atom is 0.411 e. The lowest BCUT2D eigenvalue weighted by atomic mass is 9.98. The Hall–Kier alpha value is -5.26. The summed E-state index contributed by atoms with van der Waals surface area (Å²) < 4.78 is 16.2. The van der Waals surface area contributed by atoms with E-state index in [9.17, 15) is 29.3 Å². The van der Waals surface area contributed by atoms with Gasteiger partial charge in [-0.3, -0.25) is 25.0 Å². The normalized spacial score (nSPS) is 13.1. The number of rotatable bonds is 10. The number of carbonyl (C=O) groups is 4. The molecule has 248 valence electrons. The minimum absolute atomic E-state index is 0.0269. The van der Waals surface area contributed by atoms with Crippen molar-refractivity contribution in [2.45, 2.75) is 77.5 Å². The molecule has 0 bridgehead atoms. The molecule has 0 fully saturated rings. The molecule has 0 spiro atoms. The number of anilines is 1. The molecule has 0 aromatic heterocycles. The van der Waals surface area contributed by atoms with Crippen LogP contribution in [0.1, 0.15) is 81.8 Å². The lowest BCUT2D eigenvalue weighted by Crippen LogP contribution is -2.44. The number of nitrogens with zero attached hydrogens (tertiary/aromatic N) is 1. The summed E-state index contributed by atoms with van der Waals surface area (Å²) in [6.45, 7) is 10.1. The lowest BCUT2D eigenvalue weighted by Gasteiger charge is -2.25. The Morgan fingerprint density at radius 3 is 1.98 bits per heavy atom. The number of esters is 2. The van der Waals surface area contributed by atoms with Crippen LogP contribution in [-0.2, 0) is 23.8 Å². The van der Waals surface area contributed by atoms with Crippen LogP contribution in [0.2, 0.25) is 0 Å². The van der Waals surface area contributed by atoms with Gasteiger partial charge in [0.15, 0.2) is 0 Å². The molecule has 1 aliphatic rings. The molecule has 2 amide bonds. The summed E-state index contributed by atoms with van der Waals surface area (Å²) in [4.78, 5) is 62.5. The number of fused-ring (bicyclic) bond motifs is 3. The molecule has 0 saturated heterocycles. The number of nitro benzene ring substituents is 1. The molecule has 12 heteroatoms. The van der Waals surface area contributed by atoms with Crippen LogP contribution >= 0.6 is 0 Å². The van der Waals surface area contributed by atoms with Crippen LogP contribution in [0.15, 0.2) is 66.7 Å². The third kappa shape index (κ3) is 9.15. The van der Waals surface area contributed by atoms with E-state index in [-0.39, 0.29) is 36.6 Å². The smallest absolute Gasteiger partial charge is 0.411 e. The summed E-state index contributed by atoms with van der Waals surface area (Å²) in [5.74, 6) is -2.52. The molecule has 12 nitrogen and oxygen atoms in total. The van der Waals surface area contributed by atoms with E-state index in [0.717, 1.165) is 34.4 Å². The van der Waals surface area contributed by atoms with E-state index < -0.39 is 51.8 Å². The molecule has 0 heterocycles. The first-order valence-electron chi connectivity index (χ1n) is 15.2. The van der Waals surface area contributed by atoms with E-state index in [2.05, 4.69) is 10.6 Å². The van der Waals surface area contributed by atoms with Gasteiger partial charge in [0.2, 0.25) is 0 Å². The summed E-state index contributed by atoms with van der Waals surface area (Å²) in [5.41, 5.74) is 1.60. The highest BCUT2D eigenvalue weighted by Crippen LogP contribution is 2.44. The minimum Gasteiger partial charge on any atom is -0.460 e. The molecule has 3 aromatic rings. The fraction of sp³-hybridized carbons (Fsp3) is 0.371. The van der Waals surface area contributed by atoms with Gasteiger partial charge in [-0.2, -0.15) is 0 Å². The Balaban J connectivity index is 1.45. The van der Waals surface area contributed by atoms with Crippen molar-refractivity contribution in [3.8, 4) is 11.1 Å². The van der Waals surface area contributed by atoms with Crippen molar-refractivity contribution in [1.82, 2.24) is 5.32 Å². The average molecular weight is 646 g/mol. The second kappa shape index (κ2) is 14.0. The quantitative estimate of drug-likeness (QED) is 0.108. The van der Waals surface area contributed by atoms with Crippen molar-refractivity contribution in [2.24, 2.45) is 0 Å². The van der Waals surface area contributed by atoms with Crippen molar-refractivity contribution < 1.29 is 38.3 Å². The Kier molecular flexibility index (Phi) is 10.3. The number of hydrogen-bond acceptors (Lipinski definition) is 9. The standard InChI is InChI=1S/C35H39N3O9/c1-34(2,3)46-30(39)18-17-28(32(41)47-35(4,5)6)37-31(40)26-16-15-21(19-29(26)38(43)44)36-33(42)45-20-27-24-13-9-7-11-22(24)23-12-8-10-14-25(23)27/h7-16,19,27-28H,17-18,20H2,1-6H3,(H,36,42)(H,37,40)/t28-/m0/s1. The maximum atomic E-state index is 13.3. The largest absolute Gasteiger partial charge is 0.460 e. The first kappa shape index (κ1) is 34.6. The predicted molar refractivity (Wildman–Crippen MR) is 174 cm³/mol. The van der Waals surface area contributed by atoms with Gasteiger partial charge in [0.05, 0.1) is 10.6 Å². The van der Waals surface area contributed by atoms with E-state index in [1.807, 2.05) is 48.5 Å². The summed E-state index contributed by atoms with van der Waals surface area (Å²) in [6.07, 6.45) is -1.21. The fourth-order valence-electron chi connectivity index (χ4n) is 5.22. The van der Waals surface area contributed by atoms with E-state index in [0.29, 0.717) is 0 Å². The Bertz CT molecular complexity index is 1640. The summed E-state index contributed by atoms with van der Waals surface area (Å²) in [5, 5.41) is 16.9. The number of amides is 2. The number of nitrogens with one attached hydrogen (secondary N) is 2. The van der Waals surface area contributed by atoms with Crippen LogP contribution in [0.4, 0.5) is 16.2 Å². The van der Waals surface area contributed by atoms with Crippen molar-refractivity contribution >= 4 is 35.3 Å². The van der Waals surface area contributed by atoms with Gasteiger partial charge < -0.3 is 19.5 Å². The highest BCUT2D eigenvalue weighted by molar-refractivity contribution is 6.01. The number of carbonyl (C=O) groups excluding carboxylic acids is 4. The molecule has 4 rings (SSSR count). The topological polar surface area (TPSA) is 163 Å². The van der Waals surface area contributed by atoms with Gasteiger partial charge in [0.1, 0.15) is 29.4 Å². The monoisotopic (exact) mass is 645 g/mol. The third-order valence-corrected chi connectivity index (χ3v) is 7.08. The van der Waals surface area contributed by atoms with Gasteiger partial charge >= 0.3 is 18.0 Å². The summed E-state index contributed by atoms with van der Waals surface area (Å²) >= 11 is 0. The van der Waals surface area contributed by atoms with Crippen molar-refractivity contribution in [3.63, 3.8) is 0 Å². The number of benzene rings is 3. The second-order valence-corrected chi connectivity index (χ2v) is 13.1. The van der Waals surface area contributed by atoms with Crippen LogP contribution in [-0.4, -0.2) is 52.7 Å². The van der Waals surface area contributed by atoms with Crippen LogP contribution < -0.4 is 10.6 Å². The first-order chi connectivity index (χ1) is 22.0. The number of hydrogen-bond donors (Lipinski definition) is 2. The van der Waals surface area contributed by atoms with Crippen LogP contribution in [0, 0.1) is 10.1 Å². The van der Waals surface area contributed by atoms with Gasteiger partial charge in [0, 0.05) is 18.4 Å². The van der Waals surface area contributed by atoms with Gasteiger partial charge in [-0.25, -0.2) is 9.59 Å². The molecule has 0 unspecified atom stereocenters. The molecule has 47 heavy (non-hydrogen) atoms. The molecule has 3 aromatic carbocycles. The molecule has 1 atom stereocenters. The minimum atomic E-state index is -1.30. The van der Waals surface area contributed by atoms with Crippen molar-refractivity contribution in [1.29, 1.82) is 0 Å². The Labute approximate surface area is 272 Å². The van der Waals surface area contributed by atoms with Gasteiger partial charge in [0.25, 0.3) is 11.6 Å². The van der Waals surface area contributed by atoms with Crippen LogP contribution in [0.3, 0.4) is 0 Å². The zero-order valence-electron chi connectivity index (χ0n) is 27.2. The Morgan fingerprint density at radius 1 is 0.851 bits per heavy atom. The van der Waals surface area contributed by atoms with Crippen molar-refractivity contribution in [3.05, 3.63) is 93.5 Å². The summed E-state index contributed by atoms with van der Waals surface area (Å²) in [6, 6.07) is 17.9. The average Bonchev–Trinajstić information content (AvgIpc) is 3.29. The predicted octanol–water partition coefficient (Wildman–Crippen LogP) is 6.52. The third-order valence-electron chi connectivity index (χ3n) is 7.08. The molecular weight excluding hydrogens is 606 g/mol. The van der Waals surface area contributed by atoms with Crippen LogP contribution in [0.5, 0.6) is 0 Å². The fourth-order valence-corrected chi connectivity index (χ4v) is 5.22. The summed E-state index contributed by atoms with van der Waals surface area (Å²) in [7, 11) is 0.